The number of ether oxygens (including phenoxy) is 2. The molecule has 17 heavy (non-hydrogen) atoms. The molecule has 0 aromatic rings. The van der Waals surface area contributed by atoms with Crippen molar-refractivity contribution in [1.29, 1.82) is 0 Å². The first kappa shape index (κ1) is 12.4. The fourth-order valence-corrected chi connectivity index (χ4v) is 2.95. The fourth-order valence-electron chi connectivity index (χ4n) is 2.95. The lowest BCUT2D eigenvalue weighted by Crippen LogP contribution is -2.44. The molecule has 0 bridgehead atoms. The van der Waals surface area contributed by atoms with Crippen LogP contribution in [-0.4, -0.2) is 30.6 Å². The van der Waals surface area contributed by atoms with Crippen molar-refractivity contribution in [3.63, 3.8) is 0 Å². The summed E-state index contributed by atoms with van der Waals surface area (Å²) in [4.78, 5) is 15.4. The first-order valence-corrected chi connectivity index (χ1v) is 6.33. The number of nitrogens with zero attached hydrogens (tertiary/aromatic N) is 1. The molecule has 2 unspecified atom stereocenters. The maximum absolute atomic E-state index is 10.9. The van der Waals surface area contributed by atoms with E-state index < -0.39 is 0 Å². The molecule has 0 aromatic carbocycles. The standard InChI is InChI=1S/C13H21NO3/c1-7-8(2)13-12(17-9(3)14-13)5-11(7)6-16-10(4)15/h7-8,11-13H,5-6H2,1-4H3/t7-,8+,11?,12+,13?/m1/s1. The Morgan fingerprint density at radius 3 is 2.82 bits per heavy atom. The van der Waals surface area contributed by atoms with E-state index in [-0.39, 0.29) is 12.1 Å². The van der Waals surface area contributed by atoms with Gasteiger partial charge < -0.3 is 9.47 Å². The summed E-state index contributed by atoms with van der Waals surface area (Å²) < 4.78 is 10.9. The molecule has 1 aliphatic heterocycles. The third-order valence-electron chi connectivity index (χ3n) is 4.18. The van der Waals surface area contributed by atoms with Crippen molar-refractivity contribution in [2.45, 2.75) is 46.3 Å². The minimum Gasteiger partial charge on any atom is -0.476 e. The molecule has 0 spiro atoms. The van der Waals surface area contributed by atoms with E-state index in [9.17, 15) is 4.79 Å². The van der Waals surface area contributed by atoms with E-state index in [0.717, 1.165) is 12.3 Å². The lowest BCUT2D eigenvalue weighted by Gasteiger charge is -2.39. The van der Waals surface area contributed by atoms with Crippen LogP contribution in [0, 0.1) is 17.8 Å². The topological polar surface area (TPSA) is 47.9 Å². The Bertz CT molecular complexity index is 340. The number of hydrogen-bond donors (Lipinski definition) is 0. The predicted octanol–water partition coefficient (Wildman–Crippen LogP) is 2.03. The summed E-state index contributed by atoms with van der Waals surface area (Å²) in [5.74, 6) is 1.97. The Morgan fingerprint density at radius 1 is 1.47 bits per heavy atom. The number of fused-ring (bicyclic) bond motifs is 1. The molecule has 1 fully saturated rings. The number of hydrogen-bond acceptors (Lipinski definition) is 4. The number of carbonyl (C=O) groups is 1. The molecule has 5 atom stereocenters. The molecule has 2 rings (SSSR count). The third kappa shape index (κ3) is 2.45. The fraction of sp³-hybridized carbons (Fsp3) is 0.846. The van der Waals surface area contributed by atoms with E-state index in [0.29, 0.717) is 30.4 Å². The first-order valence-electron chi connectivity index (χ1n) is 6.33. The van der Waals surface area contributed by atoms with E-state index in [1.807, 2.05) is 6.92 Å². The van der Waals surface area contributed by atoms with E-state index in [2.05, 4.69) is 18.8 Å². The summed E-state index contributed by atoms with van der Waals surface area (Å²) in [6.07, 6.45) is 1.12. The van der Waals surface area contributed by atoms with Gasteiger partial charge in [0, 0.05) is 13.8 Å². The van der Waals surface area contributed by atoms with Gasteiger partial charge in [-0.3, -0.25) is 4.79 Å². The Kier molecular flexibility index (Phi) is 3.40. The zero-order valence-electron chi connectivity index (χ0n) is 11.0. The Morgan fingerprint density at radius 2 is 2.18 bits per heavy atom. The second-order valence-electron chi connectivity index (χ2n) is 5.31. The van der Waals surface area contributed by atoms with Crippen LogP contribution < -0.4 is 0 Å². The molecule has 2 aliphatic rings. The van der Waals surface area contributed by atoms with E-state index >= 15 is 0 Å². The van der Waals surface area contributed by atoms with Gasteiger partial charge in [-0.05, 0) is 24.2 Å². The van der Waals surface area contributed by atoms with Gasteiger partial charge in [0.2, 0.25) is 0 Å². The summed E-state index contributed by atoms with van der Waals surface area (Å²) in [5, 5.41) is 0. The maximum Gasteiger partial charge on any atom is 0.302 e. The maximum atomic E-state index is 10.9. The number of carbonyl (C=O) groups excluding carboxylic acids is 1. The Labute approximate surface area is 102 Å². The van der Waals surface area contributed by atoms with Crippen molar-refractivity contribution in [2.24, 2.45) is 22.7 Å². The van der Waals surface area contributed by atoms with Crippen LogP contribution in [0.15, 0.2) is 4.99 Å². The van der Waals surface area contributed by atoms with Crippen LogP contribution in [-0.2, 0) is 14.3 Å². The van der Waals surface area contributed by atoms with Crippen molar-refractivity contribution >= 4 is 11.9 Å². The number of aliphatic imine (C=N–C) groups is 1. The minimum atomic E-state index is -0.202. The van der Waals surface area contributed by atoms with Crippen LogP contribution >= 0.6 is 0 Å². The zero-order chi connectivity index (χ0) is 12.6. The van der Waals surface area contributed by atoms with Gasteiger partial charge in [-0.15, -0.1) is 0 Å². The van der Waals surface area contributed by atoms with Crippen LogP contribution in [0.1, 0.15) is 34.1 Å². The van der Waals surface area contributed by atoms with Crippen molar-refractivity contribution in [1.82, 2.24) is 0 Å². The van der Waals surface area contributed by atoms with Gasteiger partial charge in [0.15, 0.2) is 5.90 Å². The van der Waals surface area contributed by atoms with Crippen LogP contribution in [0.3, 0.4) is 0 Å². The molecule has 0 N–H and O–H groups in total. The summed E-state index contributed by atoms with van der Waals surface area (Å²) in [6.45, 7) is 8.31. The molecule has 4 nitrogen and oxygen atoms in total. The van der Waals surface area contributed by atoms with E-state index in [4.69, 9.17) is 9.47 Å². The van der Waals surface area contributed by atoms with Crippen LogP contribution in [0.2, 0.25) is 0 Å². The van der Waals surface area contributed by atoms with Crippen LogP contribution in [0.5, 0.6) is 0 Å². The SMILES string of the molecule is CC(=O)OCC1C[C@@H]2OC(C)=NC2[C@@H](C)[C@H]1C. The smallest absolute Gasteiger partial charge is 0.302 e. The quantitative estimate of drug-likeness (QED) is 0.693. The lowest BCUT2D eigenvalue weighted by atomic mass is 9.70. The molecule has 96 valence electrons. The molecule has 1 saturated carbocycles. The molecule has 1 heterocycles. The third-order valence-corrected chi connectivity index (χ3v) is 4.18. The molecule has 0 amide bonds. The summed E-state index contributed by atoms with van der Waals surface area (Å²) in [7, 11) is 0. The summed E-state index contributed by atoms with van der Waals surface area (Å²) in [6, 6.07) is 0.290. The highest BCUT2D eigenvalue weighted by atomic mass is 16.5. The van der Waals surface area contributed by atoms with Crippen molar-refractivity contribution in [3.05, 3.63) is 0 Å². The van der Waals surface area contributed by atoms with Gasteiger partial charge in [-0.1, -0.05) is 13.8 Å². The van der Waals surface area contributed by atoms with Gasteiger partial charge in [0.25, 0.3) is 0 Å². The molecule has 1 aliphatic carbocycles. The van der Waals surface area contributed by atoms with Crippen LogP contribution in [0.25, 0.3) is 0 Å². The summed E-state index contributed by atoms with van der Waals surface area (Å²) in [5.41, 5.74) is 0. The van der Waals surface area contributed by atoms with E-state index in [1.54, 1.807) is 0 Å². The van der Waals surface area contributed by atoms with E-state index in [1.165, 1.54) is 6.92 Å². The average Bonchev–Trinajstić information content (AvgIpc) is 2.62. The number of esters is 1. The van der Waals surface area contributed by atoms with Crippen molar-refractivity contribution in [2.75, 3.05) is 6.61 Å². The predicted molar refractivity (Wildman–Crippen MR) is 64.8 cm³/mol. The van der Waals surface area contributed by atoms with Gasteiger partial charge in [0.1, 0.15) is 6.10 Å². The Hall–Kier alpha value is -1.06. The highest BCUT2D eigenvalue weighted by Gasteiger charge is 2.44. The average molecular weight is 239 g/mol. The van der Waals surface area contributed by atoms with Gasteiger partial charge in [0.05, 0.1) is 12.6 Å². The second-order valence-corrected chi connectivity index (χ2v) is 5.31. The van der Waals surface area contributed by atoms with Gasteiger partial charge in [-0.25, -0.2) is 4.99 Å². The highest BCUT2D eigenvalue weighted by Crippen LogP contribution is 2.40. The monoisotopic (exact) mass is 239 g/mol. The normalized spacial score (nSPS) is 40.2. The molecule has 0 radical (unpaired) electrons. The molecular weight excluding hydrogens is 218 g/mol. The second kappa shape index (κ2) is 4.67. The Balaban J connectivity index is 2.01. The molecule has 0 aromatic heterocycles. The van der Waals surface area contributed by atoms with Crippen LogP contribution in [0.4, 0.5) is 0 Å². The van der Waals surface area contributed by atoms with Gasteiger partial charge in [-0.2, -0.15) is 0 Å². The molecule has 4 heteroatoms. The molecule has 0 saturated heterocycles. The first-order chi connectivity index (χ1) is 7.99. The number of rotatable bonds is 2. The molecular formula is C13H21NO3. The largest absolute Gasteiger partial charge is 0.476 e. The lowest BCUT2D eigenvalue weighted by molar-refractivity contribution is -0.144. The van der Waals surface area contributed by atoms with Crippen molar-refractivity contribution in [3.8, 4) is 0 Å². The highest BCUT2D eigenvalue weighted by molar-refractivity contribution is 5.75. The van der Waals surface area contributed by atoms with Crippen molar-refractivity contribution < 1.29 is 14.3 Å². The zero-order valence-corrected chi connectivity index (χ0v) is 11.0. The summed E-state index contributed by atoms with van der Waals surface area (Å²) >= 11 is 0. The van der Waals surface area contributed by atoms with Gasteiger partial charge >= 0.3 is 5.97 Å². The minimum absolute atomic E-state index is 0.182.